The molecule has 2 N–H and O–H groups in total. The van der Waals surface area contributed by atoms with E-state index in [1.165, 1.54) is 21.1 Å². The lowest BCUT2D eigenvalue weighted by Crippen LogP contribution is -2.43. The lowest BCUT2D eigenvalue weighted by atomic mass is 10.00. The van der Waals surface area contributed by atoms with E-state index in [4.69, 9.17) is 0 Å². The third-order valence-electron chi connectivity index (χ3n) is 6.79. The number of ether oxygens (including phenoxy) is 1. The number of aromatic nitrogens is 3. The topological polar surface area (TPSA) is 127 Å². The van der Waals surface area contributed by atoms with Crippen LogP contribution in [0.1, 0.15) is 58.4 Å². The molecular weight excluding hydrogens is 484 g/mol. The quantitative estimate of drug-likeness (QED) is 0.549. The summed E-state index contributed by atoms with van der Waals surface area (Å²) in [5.41, 5.74) is -1.79. The molecule has 13 heteroatoms. The summed E-state index contributed by atoms with van der Waals surface area (Å²) in [6, 6.07) is 0.454. The summed E-state index contributed by atoms with van der Waals surface area (Å²) in [4.78, 5) is 21.9. The van der Waals surface area contributed by atoms with Crippen LogP contribution in [0.15, 0.2) is 17.1 Å². The first-order valence-corrected chi connectivity index (χ1v) is 13.5. The minimum absolute atomic E-state index is 0.0725. The molecule has 1 aliphatic carbocycles. The second-order valence-corrected chi connectivity index (χ2v) is 11.5. The standard InChI is InChI=1S/C22H31F2N5O5S/c1-3-11-35(32,33)28-9-6-15(7-10-28)26-21-25-13-14-12-16(34-20(23)24)19(30)29(18(14)27-21)17-5-4-8-22(17,2)31/h12-13,15,17,20,31H,3-11H2,1-2H3,(H,25,26,27)/t17-,22-/m1/s1. The summed E-state index contributed by atoms with van der Waals surface area (Å²) in [5, 5.41) is 14.4. The van der Waals surface area contributed by atoms with E-state index >= 15 is 0 Å². The van der Waals surface area contributed by atoms with Crippen LogP contribution in [0.25, 0.3) is 11.0 Å². The average molecular weight is 516 g/mol. The number of piperidine rings is 1. The second-order valence-electron chi connectivity index (χ2n) is 9.43. The molecule has 35 heavy (non-hydrogen) atoms. The molecule has 2 aromatic rings. The minimum atomic E-state index is -3.25. The minimum Gasteiger partial charge on any atom is -0.429 e. The Labute approximate surface area is 202 Å². The Morgan fingerprint density at radius 1 is 1.31 bits per heavy atom. The van der Waals surface area contributed by atoms with E-state index in [0.29, 0.717) is 57.0 Å². The molecule has 1 aliphatic heterocycles. The highest BCUT2D eigenvalue weighted by Gasteiger charge is 2.40. The van der Waals surface area contributed by atoms with Crippen molar-refractivity contribution in [1.82, 2.24) is 18.8 Å². The van der Waals surface area contributed by atoms with Gasteiger partial charge in [-0.15, -0.1) is 0 Å². The Morgan fingerprint density at radius 2 is 2.03 bits per heavy atom. The molecular formula is C22H31F2N5O5S. The number of fused-ring (bicyclic) bond motifs is 1. The molecule has 0 amide bonds. The number of rotatable bonds is 8. The fourth-order valence-corrected chi connectivity index (χ4v) is 6.56. The molecule has 0 spiro atoms. The van der Waals surface area contributed by atoms with Crippen molar-refractivity contribution in [2.75, 3.05) is 24.2 Å². The van der Waals surface area contributed by atoms with E-state index in [1.54, 1.807) is 6.92 Å². The number of anilines is 1. The Kier molecular flexibility index (Phi) is 7.30. The predicted octanol–water partition coefficient (Wildman–Crippen LogP) is 2.49. The molecule has 3 heterocycles. The van der Waals surface area contributed by atoms with Gasteiger partial charge in [-0.05, 0) is 51.5 Å². The first-order chi connectivity index (χ1) is 16.5. The van der Waals surface area contributed by atoms with Gasteiger partial charge >= 0.3 is 6.61 Å². The van der Waals surface area contributed by atoms with Crippen molar-refractivity contribution in [2.45, 2.75) is 76.7 Å². The van der Waals surface area contributed by atoms with Gasteiger partial charge in [0.2, 0.25) is 16.0 Å². The third-order valence-corrected chi connectivity index (χ3v) is 8.87. The van der Waals surface area contributed by atoms with E-state index in [9.17, 15) is 27.1 Å². The number of alkyl halides is 2. The number of hydrogen-bond acceptors (Lipinski definition) is 8. The van der Waals surface area contributed by atoms with Gasteiger partial charge in [0, 0.05) is 30.7 Å². The van der Waals surface area contributed by atoms with Gasteiger partial charge in [0.25, 0.3) is 5.56 Å². The largest absolute Gasteiger partial charge is 0.429 e. The third kappa shape index (κ3) is 5.41. The highest BCUT2D eigenvalue weighted by molar-refractivity contribution is 7.89. The predicted molar refractivity (Wildman–Crippen MR) is 126 cm³/mol. The number of halogens is 2. The smallest absolute Gasteiger partial charge is 0.387 e. The van der Waals surface area contributed by atoms with Gasteiger partial charge in [0.1, 0.15) is 5.65 Å². The van der Waals surface area contributed by atoms with Crippen LogP contribution in [0, 0.1) is 0 Å². The molecule has 0 unspecified atom stereocenters. The summed E-state index contributed by atoms with van der Waals surface area (Å²) in [6.45, 7) is 1.04. The SMILES string of the molecule is CCCS(=O)(=O)N1CCC(Nc2ncc3cc(OC(F)F)c(=O)n([C@@H]4CCC[C@@]4(C)O)c3n2)CC1. The van der Waals surface area contributed by atoms with Crippen LogP contribution in [0.4, 0.5) is 14.7 Å². The second kappa shape index (κ2) is 9.94. The first-order valence-electron chi connectivity index (χ1n) is 11.9. The van der Waals surface area contributed by atoms with E-state index in [0.717, 1.165) is 0 Å². The van der Waals surface area contributed by atoms with Crippen LogP contribution >= 0.6 is 0 Å². The number of pyridine rings is 1. The summed E-state index contributed by atoms with van der Waals surface area (Å²) in [5.74, 6) is -0.167. The zero-order valence-electron chi connectivity index (χ0n) is 19.8. The van der Waals surface area contributed by atoms with Crippen molar-refractivity contribution < 1.29 is 27.0 Å². The molecule has 0 radical (unpaired) electrons. The molecule has 1 saturated heterocycles. The van der Waals surface area contributed by atoms with Crippen LogP contribution in [-0.4, -0.2) is 69.5 Å². The number of sulfonamides is 1. The molecule has 0 aromatic carbocycles. The fraction of sp³-hybridized carbons (Fsp3) is 0.682. The number of aliphatic hydroxyl groups is 1. The van der Waals surface area contributed by atoms with Crippen molar-refractivity contribution in [3.05, 3.63) is 22.6 Å². The van der Waals surface area contributed by atoms with Gasteiger partial charge < -0.3 is 15.2 Å². The zero-order chi connectivity index (χ0) is 25.4. The monoisotopic (exact) mass is 515 g/mol. The Hall–Kier alpha value is -2.38. The van der Waals surface area contributed by atoms with Crippen molar-refractivity contribution in [3.63, 3.8) is 0 Å². The Bertz CT molecular complexity index is 1230. The molecule has 4 rings (SSSR count). The number of nitrogens with one attached hydrogen (secondary N) is 1. The van der Waals surface area contributed by atoms with Gasteiger partial charge in [0.05, 0.1) is 17.4 Å². The molecule has 2 aromatic heterocycles. The van der Waals surface area contributed by atoms with Gasteiger partial charge in [0.15, 0.2) is 5.75 Å². The Morgan fingerprint density at radius 3 is 2.63 bits per heavy atom. The molecule has 10 nitrogen and oxygen atoms in total. The summed E-state index contributed by atoms with van der Waals surface area (Å²) < 4.78 is 57.7. The maximum Gasteiger partial charge on any atom is 0.387 e. The molecule has 194 valence electrons. The van der Waals surface area contributed by atoms with Gasteiger partial charge in [-0.2, -0.15) is 13.8 Å². The van der Waals surface area contributed by atoms with Crippen LogP contribution in [0.2, 0.25) is 0 Å². The summed E-state index contributed by atoms with van der Waals surface area (Å²) >= 11 is 0. The number of hydrogen-bond donors (Lipinski definition) is 2. The molecule has 2 fully saturated rings. The molecule has 2 aliphatic rings. The summed E-state index contributed by atoms with van der Waals surface area (Å²) in [6.07, 6.45) is 4.72. The highest BCUT2D eigenvalue weighted by atomic mass is 32.2. The van der Waals surface area contributed by atoms with Crippen molar-refractivity contribution in [1.29, 1.82) is 0 Å². The van der Waals surface area contributed by atoms with Crippen molar-refractivity contribution in [2.24, 2.45) is 0 Å². The lowest BCUT2D eigenvalue weighted by Gasteiger charge is -2.31. The van der Waals surface area contributed by atoms with Crippen molar-refractivity contribution >= 4 is 27.0 Å². The molecule has 2 atom stereocenters. The first kappa shape index (κ1) is 25.7. The number of nitrogens with zero attached hydrogens (tertiary/aromatic N) is 4. The van der Waals surface area contributed by atoms with E-state index in [1.807, 2.05) is 6.92 Å². The Balaban J connectivity index is 1.63. The molecule has 1 saturated carbocycles. The zero-order valence-corrected chi connectivity index (χ0v) is 20.6. The van der Waals surface area contributed by atoms with E-state index in [2.05, 4.69) is 20.0 Å². The van der Waals surface area contributed by atoms with E-state index in [-0.39, 0.29) is 23.4 Å². The summed E-state index contributed by atoms with van der Waals surface area (Å²) in [7, 11) is -3.25. The average Bonchev–Trinajstić information content (AvgIpc) is 3.13. The molecule has 0 bridgehead atoms. The van der Waals surface area contributed by atoms with Gasteiger partial charge in [-0.1, -0.05) is 6.92 Å². The van der Waals surface area contributed by atoms with Gasteiger partial charge in [-0.25, -0.2) is 17.7 Å². The van der Waals surface area contributed by atoms with Gasteiger partial charge in [-0.3, -0.25) is 9.36 Å². The lowest BCUT2D eigenvalue weighted by molar-refractivity contribution is -0.0513. The highest BCUT2D eigenvalue weighted by Crippen LogP contribution is 2.40. The fourth-order valence-electron chi connectivity index (χ4n) is 5.02. The van der Waals surface area contributed by atoms with Crippen molar-refractivity contribution in [3.8, 4) is 5.75 Å². The van der Waals surface area contributed by atoms with E-state index < -0.39 is 39.6 Å². The normalized spacial score (nSPS) is 24.3. The van der Waals surface area contributed by atoms with Crippen LogP contribution in [0.5, 0.6) is 5.75 Å². The van der Waals surface area contributed by atoms with Crippen LogP contribution in [0.3, 0.4) is 0 Å². The maximum absolute atomic E-state index is 13.1. The van der Waals surface area contributed by atoms with Crippen LogP contribution in [-0.2, 0) is 10.0 Å². The van der Waals surface area contributed by atoms with Crippen LogP contribution < -0.4 is 15.6 Å². The maximum atomic E-state index is 13.1.